The van der Waals surface area contributed by atoms with Crippen molar-refractivity contribution in [2.45, 2.75) is 37.5 Å². The van der Waals surface area contributed by atoms with E-state index >= 15 is 0 Å². The van der Waals surface area contributed by atoms with Crippen molar-refractivity contribution in [3.05, 3.63) is 95.6 Å². The Morgan fingerprint density at radius 2 is 1.51 bits per heavy atom. The molecular weight excluding hydrogens is 482 g/mol. The lowest BCUT2D eigenvalue weighted by Gasteiger charge is -2.35. The standard InChI is InChI=1S/C31H34ClN3O2/c32-29(25-11-5-2-6-12-25)30(36)33-26-13-14-28(27(22-26)31(37)35-17-7-8-18-35)34-19-15-24(16-20-34)21-23-9-3-1-4-10-23/h1-6,9-14,22,24,29H,7-8,15-21H2,(H,33,36). The van der Waals surface area contributed by atoms with Gasteiger partial charge in [-0.3, -0.25) is 9.59 Å². The quantitative estimate of drug-likeness (QED) is 0.376. The number of benzene rings is 3. The van der Waals surface area contributed by atoms with Gasteiger partial charge in [-0.2, -0.15) is 0 Å². The Balaban J connectivity index is 1.32. The fourth-order valence-electron chi connectivity index (χ4n) is 5.46. The number of rotatable bonds is 7. The second kappa shape index (κ2) is 11.8. The van der Waals surface area contributed by atoms with E-state index in [0.29, 0.717) is 17.2 Å². The fourth-order valence-corrected chi connectivity index (χ4v) is 5.66. The Morgan fingerprint density at radius 3 is 2.19 bits per heavy atom. The van der Waals surface area contributed by atoms with Crippen LogP contribution in [0.5, 0.6) is 0 Å². The van der Waals surface area contributed by atoms with Gasteiger partial charge < -0.3 is 15.1 Å². The Labute approximate surface area is 224 Å². The van der Waals surface area contributed by atoms with Gasteiger partial charge in [-0.1, -0.05) is 60.7 Å². The summed E-state index contributed by atoms with van der Waals surface area (Å²) in [5, 5.41) is 2.13. The lowest BCUT2D eigenvalue weighted by atomic mass is 9.89. The van der Waals surface area contributed by atoms with Crippen LogP contribution in [0.25, 0.3) is 0 Å². The normalized spacial score (nSPS) is 17.0. The van der Waals surface area contributed by atoms with Gasteiger partial charge in [0, 0.05) is 37.6 Å². The first kappa shape index (κ1) is 25.3. The number of hydrogen-bond donors (Lipinski definition) is 1. The first-order valence-electron chi connectivity index (χ1n) is 13.3. The SMILES string of the molecule is O=C(Nc1ccc(N2CCC(Cc3ccccc3)CC2)c(C(=O)N2CCCC2)c1)C(Cl)c1ccccc1. The van der Waals surface area contributed by atoms with Crippen molar-refractivity contribution >= 4 is 34.8 Å². The monoisotopic (exact) mass is 515 g/mol. The number of carbonyl (C=O) groups is 2. The highest BCUT2D eigenvalue weighted by Gasteiger charge is 2.27. The summed E-state index contributed by atoms with van der Waals surface area (Å²) in [5.74, 6) is 0.385. The third-order valence-corrected chi connectivity index (χ3v) is 7.98. The topological polar surface area (TPSA) is 52.7 Å². The third-order valence-electron chi connectivity index (χ3n) is 7.53. The summed E-state index contributed by atoms with van der Waals surface area (Å²) in [6, 6.07) is 25.7. The highest BCUT2D eigenvalue weighted by atomic mass is 35.5. The molecule has 0 saturated carbocycles. The predicted octanol–water partition coefficient (Wildman–Crippen LogP) is 6.30. The predicted molar refractivity (Wildman–Crippen MR) is 150 cm³/mol. The first-order chi connectivity index (χ1) is 18.1. The number of hydrogen-bond acceptors (Lipinski definition) is 3. The molecule has 6 heteroatoms. The number of anilines is 2. The molecule has 2 amide bonds. The van der Waals surface area contributed by atoms with E-state index < -0.39 is 5.38 Å². The second-order valence-corrected chi connectivity index (χ2v) is 10.6. The lowest BCUT2D eigenvalue weighted by Crippen LogP contribution is -2.36. The molecular formula is C31H34ClN3O2. The number of alkyl halides is 1. The Morgan fingerprint density at radius 1 is 0.865 bits per heavy atom. The zero-order valence-corrected chi connectivity index (χ0v) is 21.9. The van der Waals surface area contributed by atoms with Gasteiger partial charge >= 0.3 is 0 Å². The van der Waals surface area contributed by atoms with E-state index in [-0.39, 0.29) is 11.8 Å². The number of halogens is 1. The molecule has 0 bridgehead atoms. The highest BCUT2D eigenvalue weighted by molar-refractivity contribution is 6.32. The fraction of sp³-hybridized carbons (Fsp3) is 0.355. The van der Waals surface area contributed by atoms with Gasteiger partial charge in [0.2, 0.25) is 5.91 Å². The van der Waals surface area contributed by atoms with Crippen LogP contribution in [0.1, 0.15) is 52.5 Å². The molecule has 0 aromatic heterocycles. The number of nitrogens with zero attached hydrogens (tertiary/aromatic N) is 2. The van der Waals surface area contributed by atoms with Gasteiger partial charge in [-0.15, -0.1) is 11.6 Å². The number of nitrogens with one attached hydrogen (secondary N) is 1. The van der Waals surface area contributed by atoms with Gasteiger partial charge in [-0.05, 0) is 67.3 Å². The molecule has 5 rings (SSSR count). The van der Waals surface area contributed by atoms with E-state index in [0.717, 1.165) is 69.5 Å². The smallest absolute Gasteiger partial charge is 0.256 e. The molecule has 2 aliphatic heterocycles. The number of likely N-dealkylation sites (tertiary alicyclic amines) is 1. The van der Waals surface area contributed by atoms with E-state index in [1.807, 2.05) is 53.4 Å². The van der Waals surface area contributed by atoms with Crippen LogP contribution >= 0.6 is 11.6 Å². The van der Waals surface area contributed by atoms with Gasteiger partial charge in [-0.25, -0.2) is 0 Å². The Kier molecular flexibility index (Phi) is 8.10. The summed E-state index contributed by atoms with van der Waals surface area (Å²) in [7, 11) is 0. The minimum atomic E-state index is -0.803. The average Bonchev–Trinajstić information content (AvgIpc) is 3.49. The van der Waals surface area contributed by atoms with Crippen LogP contribution in [0, 0.1) is 5.92 Å². The zero-order chi connectivity index (χ0) is 25.6. The number of carbonyl (C=O) groups excluding carboxylic acids is 2. The van der Waals surface area contributed by atoms with Crippen molar-refractivity contribution in [2.24, 2.45) is 5.92 Å². The molecule has 0 radical (unpaired) electrons. The maximum atomic E-state index is 13.6. The van der Waals surface area contributed by atoms with Gasteiger partial charge in [0.1, 0.15) is 5.38 Å². The largest absolute Gasteiger partial charge is 0.371 e. The molecule has 3 aromatic rings. The number of piperidine rings is 1. The summed E-state index contributed by atoms with van der Waals surface area (Å²) in [4.78, 5) is 30.7. The van der Waals surface area contributed by atoms with Crippen LogP contribution < -0.4 is 10.2 Å². The van der Waals surface area contributed by atoms with Crippen molar-refractivity contribution in [3.8, 4) is 0 Å². The van der Waals surface area contributed by atoms with E-state index in [1.165, 1.54) is 5.56 Å². The van der Waals surface area contributed by atoms with E-state index in [2.05, 4.69) is 40.5 Å². The van der Waals surface area contributed by atoms with E-state index in [1.54, 1.807) is 0 Å². The molecule has 1 unspecified atom stereocenters. The Bertz CT molecular complexity index is 1200. The molecule has 5 nitrogen and oxygen atoms in total. The average molecular weight is 516 g/mol. The van der Waals surface area contributed by atoms with Crippen molar-refractivity contribution in [1.29, 1.82) is 0 Å². The molecule has 192 valence electrons. The zero-order valence-electron chi connectivity index (χ0n) is 21.1. The highest BCUT2D eigenvalue weighted by Crippen LogP contribution is 2.32. The summed E-state index contributed by atoms with van der Waals surface area (Å²) in [5.41, 5.74) is 4.34. The Hall–Kier alpha value is -3.31. The van der Waals surface area contributed by atoms with Crippen LogP contribution in [0.15, 0.2) is 78.9 Å². The molecule has 2 heterocycles. The molecule has 0 spiro atoms. The lowest BCUT2D eigenvalue weighted by molar-refractivity contribution is -0.116. The summed E-state index contributed by atoms with van der Waals surface area (Å²) >= 11 is 6.44. The van der Waals surface area contributed by atoms with Crippen LogP contribution in [-0.4, -0.2) is 42.9 Å². The van der Waals surface area contributed by atoms with Crippen molar-refractivity contribution in [3.63, 3.8) is 0 Å². The summed E-state index contributed by atoms with van der Waals surface area (Å²) in [6.45, 7) is 3.40. The van der Waals surface area contributed by atoms with Gasteiger partial charge in [0.15, 0.2) is 0 Å². The minimum absolute atomic E-state index is 0.0421. The van der Waals surface area contributed by atoms with Crippen molar-refractivity contribution in [2.75, 3.05) is 36.4 Å². The molecule has 2 fully saturated rings. The number of amides is 2. The third kappa shape index (κ3) is 6.16. The van der Waals surface area contributed by atoms with Gasteiger partial charge in [0.05, 0.1) is 5.56 Å². The minimum Gasteiger partial charge on any atom is -0.371 e. The molecule has 37 heavy (non-hydrogen) atoms. The maximum absolute atomic E-state index is 13.6. The molecule has 2 aliphatic rings. The molecule has 3 aromatic carbocycles. The second-order valence-electron chi connectivity index (χ2n) is 10.1. The molecule has 2 saturated heterocycles. The van der Waals surface area contributed by atoms with E-state index in [4.69, 9.17) is 11.6 Å². The van der Waals surface area contributed by atoms with E-state index in [9.17, 15) is 9.59 Å². The summed E-state index contributed by atoms with van der Waals surface area (Å²) < 4.78 is 0. The molecule has 1 N–H and O–H groups in total. The molecule has 0 aliphatic carbocycles. The van der Waals surface area contributed by atoms with Crippen LogP contribution in [-0.2, 0) is 11.2 Å². The summed E-state index contributed by atoms with van der Waals surface area (Å²) in [6.07, 6.45) is 5.35. The van der Waals surface area contributed by atoms with Crippen LogP contribution in [0.3, 0.4) is 0 Å². The molecule has 1 atom stereocenters. The van der Waals surface area contributed by atoms with Gasteiger partial charge in [0.25, 0.3) is 5.91 Å². The van der Waals surface area contributed by atoms with Crippen LogP contribution in [0.4, 0.5) is 11.4 Å². The van der Waals surface area contributed by atoms with Crippen LogP contribution in [0.2, 0.25) is 0 Å². The van der Waals surface area contributed by atoms with Crippen molar-refractivity contribution in [1.82, 2.24) is 4.90 Å². The van der Waals surface area contributed by atoms with Crippen molar-refractivity contribution < 1.29 is 9.59 Å². The maximum Gasteiger partial charge on any atom is 0.256 e. The first-order valence-corrected chi connectivity index (χ1v) is 13.7.